The fraction of sp³-hybridized carbons (Fsp3) is 0.286. The fourth-order valence-corrected chi connectivity index (χ4v) is 0.731. The molecule has 0 fully saturated rings. The summed E-state index contributed by atoms with van der Waals surface area (Å²) >= 11 is 0. The Morgan fingerprint density at radius 1 is 1.64 bits per heavy atom. The van der Waals surface area contributed by atoms with Crippen LogP contribution in [0.3, 0.4) is 0 Å². The number of hydrogen-bond acceptors (Lipinski definition) is 3. The molecule has 11 heavy (non-hydrogen) atoms. The van der Waals surface area contributed by atoms with E-state index in [0.29, 0.717) is 6.42 Å². The Bertz CT molecular complexity index is 303. The van der Waals surface area contributed by atoms with Crippen LogP contribution < -0.4 is 0 Å². The lowest BCUT2D eigenvalue weighted by Crippen LogP contribution is -1.98. The Hall–Kier alpha value is -1.50. The van der Waals surface area contributed by atoms with Crippen molar-refractivity contribution in [1.82, 2.24) is 9.97 Å². The highest BCUT2D eigenvalue weighted by molar-refractivity contribution is 5.23. The summed E-state index contributed by atoms with van der Waals surface area (Å²) in [4.78, 5) is 7.13. The Kier molecular flexibility index (Phi) is 2.12. The Balaban J connectivity index is 3.23. The van der Waals surface area contributed by atoms with Gasteiger partial charge in [0.1, 0.15) is 12.4 Å². The highest BCUT2D eigenvalue weighted by atomic mass is 19.1. The SMILES string of the molecule is CCc1ncnc(C#N)c1F. The lowest BCUT2D eigenvalue weighted by Gasteiger charge is -1.96. The van der Waals surface area contributed by atoms with Gasteiger partial charge in [-0.25, -0.2) is 14.4 Å². The van der Waals surface area contributed by atoms with Crippen LogP contribution in [0.25, 0.3) is 0 Å². The lowest BCUT2D eigenvalue weighted by atomic mass is 10.2. The van der Waals surface area contributed by atoms with Crippen LogP contribution in [0.4, 0.5) is 4.39 Å². The molecule has 0 saturated heterocycles. The van der Waals surface area contributed by atoms with Crippen molar-refractivity contribution in [2.75, 3.05) is 0 Å². The molecule has 0 N–H and O–H groups in total. The summed E-state index contributed by atoms with van der Waals surface area (Å²) in [5.41, 5.74) is 0.105. The number of rotatable bonds is 1. The molecule has 1 heterocycles. The van der Waals surface area contributed by atoms with Crippen molar-refractivity contribution in [3.8, 4) is 6.07 Å². The lowest BCUT2D eigenvalue weighted by molar-refractivity contribution is 0.588. The minimum absolute atomic E-state index is 0.183. The molecule has 0 saturated carbocycles. The van der Waals surface area contributed by atoms with Crippen LogP contribution >= 0.6 is 0 Å². The van der Waals surface area contributed by atoms with Crippen molar-refractivity contribution in [2.45, 2.75) is 13.3 Å². The molecule has 0 bridgehead atoms. The maximum absolute atomic E-state index is 12.9. The van der Waals surface area contributed by atoms with Gasteiger partial charge in [-0.2, -0.15) is 5.26 Å². The van der Waals surface area contributed by atoms with Gasteiger partial charge in [-0.1, -0.05) is 6.92 Å². The van der Waals surface area contributed by atoms with Gasteiger partial charge < -0.3 is 0 Å². The molecular weight excluding hydrogens is 145 g/mol. The van der Waals surface area contributed by atoms with Crippen LogP contribution in [0.15, 0.2) is 6.33 Å². The van der Waals surface area contributed by atoms with Crippen LogP contribution in [-0.2, 0) is 6.42 Å². The number of nitrogens with zero attached hydrogens (tertiary/aromatic N) is 3. The van der Waals surface area contributed by atoms with Crippen LogP contribution in [0, 0.1) is 17.1 Å². The van der Waals surface area contributed by atoms with Crippen molar-refractivity contribution in [3.05, 3.63) is 23.5 Å². The third-order valence-corrected chi connectivity index (χ3v) is 1.30. The van der Waals surface area contributed by atoms with Crippen LogP contribution in [0.2, 0.25) is 0 Å². The van der Waals surface area contributed by atoms with Gasteiger partial charge in [0.05, 0.1) is 5.69 Å². The average Bonchev–Trinajstić information content (AvgIpc) is 2.05. The normalized spacial score (nSPS) is 9.18. The minimum atomic E-state index is -0.600. The molecule has 0 unspecified atom stereocenters. The third-order valence-electron chi connectivity index (χ3n) is 1.30. The van der Waals surface area contributed by atoms with E-state index < -0.39 is 5.82 Å². The molecule has 3 nitrogen and oxygen atoms in total. The first-order valence-electron chi connectivity index (χ1n) is 3.19. The summed E-state index contributed by atoms with van der Waals surface area (Å²) in [7, 11) is 0. The molecule has 0 amide bonds. The largest absolute Gasteiger partial charge is 0.238 e. The van der Waals surface area contributed by atoms with E-state index in [4.69, 9.17) is 5.26 Å². The zero-order valence-electron chi connectivity index (χ0n) is 6.00. The van der Waals surface area contributed by atoms with Gasteiger partial charge in [0.25, 0.3) is 0 Å². The zero-order valence-corrected chi connectivity index (χ0v) is 6.00. The number of hydrogen-bond donors (Lipinski definition) is 0. The van der Waals surface area contributed by atoms with Gasteiger partial charge in [0.2, 0.25) is 0 Å². The Morgan fingerprint density at radius 2 is 2.36 bits per heavy atom. The minimum Gasteiger partial charge on any atom is -0.238 e. The first kappa shape index (κ1) is 7.61. The van der Waals surface area contributed by atoms with Gasteiger partial charge in [-0.3, -0.25) is 0 Å². The summed E-state index contributed by atoms with van der Waals surface area (Å²) in [5.74, 6) is -0.600. The van der Waals surface area contributed by atoms with Gasteiger partial charge in [0, 0.05) is 0 Å². The molecule has 0 aliphatic carbocycles. The second-order valence-corrected chi connectivity index (χ2v) is 1.95. The standard InChI is InChI=1S/C7H6FN3/c1-2-5-7(8)6(3-9)11-4-10-5/h4H,2H2,1H3. The summed E-state index contributed by atoms with van der Waals surface area (Å²) in [5, 5.41) is 8.36. The van der Waals surface area contributed by atoms with E-state index in [-0.39, 0.29) is 11.4 Å². The smallest absolute Gasteiger partial charge is 0.181 e. The molecular formula is C7H6FN3. The second kappa shape index (κ2) is 3.06. The van der Waals surface area contributed by atoms with Gasteiger partial charge >= 0.3 is 0 Å². The third kappa shape index (κ3) is 1.32. The van der Waals surface area contributed by atoms with Gasteiger partial charge in [-0.05, 0) is 6.42 Å². The predicted molar refractivity (Wildman–Crippen MR) is 36.1 cm³/mol. The molecule has 0 atom stereocenters. The average molecular weight is 151 g/mol. The van der Waals surface area contributed by atoms with E-state index in [1.165, 1.54) is 6.33 Å². The Labute approximate surface area is 63.5 Å². The summed E-state index contributed by atoms with van der Waals surface area (Å²) < 4.78 is 12.9. The summed E-state index contributed by atoms with van der Waals surface area (Å²) in [6.07, 6.45) is 1.67. The molecule has 0 aromatic carbocycles. The van der Waals surface area contributed by atoms with E-state index in [9.17, 15) is 4.39 Å². The molecule has 1 rings (SSSR count). The summed E-state index contributed by atoms with van der Waals surface area (Å²) in [6, 6.07) is 1.64. The van der Waals surface area contributed by atoms with Crippen molar-refractivity contribution in [1.29, 1.82) is 5.26 Å². The predicted octanol–water partition coefficient (Wildman–Crippen LogP) is 1.05. The van der Waals surface area contributed by atoms with Crippen molar-refractivity contribution >= 4 is 0 Å². The highest BCUT2D eigenvalue weighted by Gasteiger charge is 2.07. The number of nitriles is 1. The van der Waals surface area contributed by atoms with Gasteiger partial charge in [0.15, 0.2) is 11.5 Å². The molecule has 1 aromatic rings. The van der Waals surface area contributed by atoms with E-state index >= 15 is 0 Å². The summed E-state index contributed by atoms with van der Waals surface area (Å²) in [6.45, 7) is 1.77. The quantitative estimate of drug-likeness (QED) is 0.602. The van der Waals surface area contributed by atoms with Crippen molar-refractivity contribution in [3.63, 3.8) is 0 Å². The molecule has 0 aliphatic rings. The zero-order chi connectivity index (χ0) is 8.27. The maximum atomic E-state index is 12.9. The first-order chi connectivity index (χ1) is 5.29. The Morgan fingerprint density at radius 3 is 2.91 bits per heavy atom. The molecule has 56 valence electrons. The van der Waals surface area contributed by atoms with Gasteiger partial charge in [-0.15, -0.1) is 0 Å². The van der Waals surface area contributed by atoms with E-state index in [1.807, 2.05) is 0 Å². The fourth-order valence-electron chi connectivity index (χ4n) is 0.731. The molecule has 0 spiro atoms. The maximum Gasteiger partial charge on any atom is 0.181 e. The number of aryl methyl sites for hydroxylation is 1. The van der Waals surface area contributed by atoms with Crippen LogP contribution in [0.1, 0.15) is 18.3 Å². The topological polar surface area (TPSA) is 49.6 Å². The first-order valence-corrected chi connectivity index (χ1v) is 3.19. The number of aromatic nitrogens is 2. The van der Waals surface area contributed by atoms with Crippen molar-refractivity contribution in [2.24, 2.45) is 0 Å². The van der Waals surface area contributed by atoms with E-state index in [0.717, 1.165) is 0 Å². The molecule has 0 radical (unpaired) electrons. The van der Waals surface area contributed by atoms with E-state index in [2.05, 4.69) is 9.97 Å². The second-order valence-electron chi connectivity index (χ2n) is 1.95. The molecule has 1 aromatic heterocycles. The van der Waals surface area contributed by atoms with Crippen LogP contribution in [0.5, 0.6) is 0 Å². The number of halogens is 1. The molecule has 4 heteroatoms. The highest BCUT2D eigenvalue weighted by Crippen LogP contribution is 2.06. The monoisotopic (exact) mass is 151 g/mol. The molecule has 0 aliphatic heterocycles. The van der Waals surface area contributed by atoms with Crippen molar-refractivity contribution < 1.29 is 4.39 Å². The van der Waals surface area contributed by atoms with E-state index in [1.54, 1.807) is 13.0 Å². The van der Waals surface area contributed by atoms with Crippen LogP contribution in [-0.4, -0.2) is 9.97 Å².